The largest absolute Gasteiger partial charge is 0.507 e. The summed E-state index contributed by atoms with van der Waals surface area (Å²) >= 11 is 0. The van der Waals surface area contributed by atoms with Gasteiger partial charge in [-0.3, -0.25) is 9.55 Å². The van der Waals surface area contributed by atoms with Crippen LogP contribution >= 0.6 is 0 Å². The van der Waals surface area contributed by atoms with E-state index in [9.17, 15) is 5.11 Å². The van der Waals surface area contributed by atoms with E-state index in [2.05, 4.69) is 6.07 Å². The minimum absolute atomic E-state index is 0.158. The third-order valence-electron chi connectivity index (χ3n) is 11.7. The predicted molar refractivity (Wildman–Crippen MR) is 267 cm³/mol. The molecule has 0 aliphatic carbocycles. The lowest BCUT2D eigenvalue weighted by atomic mass is 9.79. The summed E-state index contributed by atoms with van der Waals surface area (Å²) in [6.07, 6.45) is 1.81. The van der Waals surface area contributed by atoms with Crippen molar-refractivity contribution in [2.24, 2.45) is 0 Å². The lowest BCUT2D eigenvalue weighted by Gasteiger charge is -2.27. The summed E-state index contributed by atoms with van der Waals surface area (Å²) in [4.78, 5) is 10.2. The van der Waals surface area contributed by atoms with E-state index >= 15 is 0 Å². The maximum atomic E-state index is 13.1. The van der Waals surface area contributed by atoms with E-state index in [1.807, 2.05) is 83.3 Å². The molecular formula is C59H63N3O. The van der Waals surface area contributed by atoms with Gasteiger partial charge in [0.1, 0.15) is 11.6 Å². The highest BCUT2D eigenvalue weighted by Crippen LogP contribution is 2.46. The van der Waals surface area contributed by atoms with Gasteiger partial charge in [0.2, 0.25) is 0 Å². The van der Waals surface area contributed by atoms with Gasteiger partial charge in [-0.25, -0.2) is 4.98 Å². The molecule has 0 saturated carbocycles. The molecule has 8 rings (SSSR count). The first-order valence-corrected chi connectivity index (χ1v) is 20.8. The van der Waals surface area contributed by atoms with E-state index < -0.39 is 91.5 Å². The van der Waals surface area contributed by atoms with Crippen molar-refractivity contribution < 1.29 is 31.2 Å². The summed E-state index contributed by atoms with van der Waals surface area (Å²) in [6.45, 7) is -11.1. The van der Waals surface area contributed by atoms with Gasteiger partial charge in [-0.2, -0.15) is 0 Å². The molecule has 0 saturated heterocycles. The zero-order chi connectivity index (χ0) is 61.1. The number of fused-ring (bicyclic) bond motifs is 1. The molecule has 0 aliphatic heterocycles. The van der Waals surface area contributed by atoms with Crippen LogP contribution in [0.25, 0.3) is 72.7 Å². The van der Waals surface area contributed by atoms with Crippen LogP contribution in [0.1, 0.15) is 141 Å². The molecule has 0 radical (unpaired) electrons. The van der Waals surface area contributed by atoms with Crippen LogP contribution in [0.3, 0.4) is 0 Å². The number of aryl methyl sites for hydroxylation is 1. The van der Waals surface area contributed by atoms with Gasteiger partial charge in [-0.05, 0) is 122 Å². The number of imidazole rings is 1. The average molecular weight is 849 g/mol. The third kappa shape index (κ3) is 8.24. The average Bonchev–Trinajstić information content (AvgIpc) is 0.833. The summed E-state index contributed by atoms with van der Waals surface area (Å²) in [5.41, 5.74) is -2.82. The van der Waals surface area contributed by atoms with E-state index in [1.54, 1.807) is 80.6 Å². The molecule has 63 heavy (non-hydrogen) atoms. The number of phenols is 1. The highest BCUT2D eigenvalue weighted by Gasteiger charge is 2.30. The Bertz CT molecular complexity index is 3650. The summed E-state index contributed by atoms with van der Waals surface area (Å²) in [6, 6.07) is 36.0. The van der Waals surface area contributed by atoms with Crippen molar-refractivity contribution >= 4 is 11.0 Å². The first-order valence-electron chi connectivity index (χ1n) is 30.3. The molecular weight excluding hydrogens is 767 g/mol. The standard InChI is InChI=1S/C59H63N3O/c1-36(2)41-27-28-50(47(32-41)39-21-16-14-17-22-39)62-51-26-20-25-46(54(51)61-56(62)48-33-45(58(8,9)10)34-49(55(48)63)59(11,12)13)42-29-43(31-44(30-42)57(5,6)7)53-38(4)52(37(3)35-60-53)40-23-18-15-19-24-40/h14-36,63H,1-13H3/i8D3,9D3,10D3,11D3,12D3,13D3,36D. The Labute approximate surface area is 402 Å². The molecule has 4 heteroatoms. The second-order valence-corrected chi connectivity index (χ2v) is 17.7. The summed E-state index contributed by atoms with van der Waals surface area (Å²) in [5, 5.41) is 13.1. The number of phenolic OH excluding ortho intramolecular Hbond substituents is 1. The minimum atomic E-state index is -4.16. The number of aromatic nitrogens is 3. The molecule has 0 atom stereocenters. The van der Waals surface area contributed by atoms with E-state index in [0.29, 0.717) is 39.6 Å². The molecule has 0 fully saturated rings. The molecule has 0 bridgehead atoms. The van der Waals surface area contributed by atoms with Crippen molar-refractivity contribution in [1.82, 2.24) is 14.5 Å². The summed E-state index contributed by atoms with van der Waals surface area (Å²) in [5.74, 6) is -3.01. The van der Waals surface area contributed by atoms with Gasteiger partial charge in [-0.15, -0.1) is 0 Å². The summed E-state index contributed by atoms with van der Waals surface area (Å²) < 4.78 is 169. The van der Waals surface area contributed by atoms with Gasteiger partial charge in [0.15, 0.2) is 0 Å². The number of rotatable bonds is 7. The highest BCUT2D eigenvalue weighted by molar-refractivity contribution is 5.98. The van der Waals surface area contributed by atoms with E-state index in [-0.39, 0.29) is 22.8 Å². The van der Waals surface area contributed by atoms with Gasteiger partial charge in [0, 0.05) is 54.5 Å². The fraction of sp³-hybridized carbons (Fsp3) is 0.288. The quantitative estimate of drug-likeness (QED) is 0.174. The van der Waals surface area contributed by atoms with Crippen LogP contribution in [0, 0.1) is 13.8 Å². The number of benzene rings is 6. The van der Waals surface area contributed by atoms with Gasteiger partial charge in [-0.1, -0.05) is 167 Å². The van der Waals surface area contributed by atoms with Crippen LogP contribution in [0.4, 0.5) is 0 Å². The molecule has 0 aliphatic rings. The molecule has 4 nitrogen and oxygen atoms in total. The zero-order valence-electron chi connectivity index (χ0n) is 55.5. The van der Waals surface area contributed by atoms with E-state index in [0.717, 1.165) is 33.4 Å². The lowest BCUT2D eigenvalue weighted by molar-refractivity contribution is 0.446. The Morgan fingerprint density at radius 2 is 1.27 bits per heavy atom. The number of para-hydroxylation sites is 1. The van der Waals surface area contributed by atoms with Crippen molar-refractivity contribution in [1.29, 1.82) is 0 Å². The number of nitrogens with zero attached hydrogens (tertiary/aromatic N) is 3. The topological polar surface area (TPSA) is 50.9 Å². The van der Waals surface area contributed by atoms with Crippen LogP contribution in [-0.2, 0) is 16.2 Å². The van der Waals surface area contributed by atoms with Crippen molar-refractivity contribution in [3.63, 3.8) is 0 Å². The maximum Gasteiger partial charge on any atom is 0.149 e. The number of hydrogen-bond donors (Lipinski definition) is 1. The molecule has 2 heterocycles. The Kier molecular flexibility index (Phi) is 6.60. The molecule has 0 unspecified atom stereocenters. The second-order valence-electron chi connectivity index (χ2n) is 17.7. The molecule has 2 aromatic heterocycles. The van der Waals surface area contributed by atoms with Crippen LogP contribution in [0.5, 0.6) is 5.75 Å². The highest BCUT2D eigenvalue weighted by atomic mass is 16.3. The first kappa shape index (κ1) is 25.8. The number of pyridine rings is 1. The minimum Gasteiger partial charge on any atom is -0.507 e. The monoisotopic (exact) mass is 849 g/mol. The van der Waals surface area contributed by atoms with Crippen LogP contribution in [0.15, 0.2) is 134 Å². The SMILES string of the molecule is [2H]C(C)(C)c1ccc(-n2c(-c3cc(C(C([2H])([2H])[2H])(C([2H])([2H])[2H])C([2H])([2H])[2H])cc(C(C([2H])([2H])[2H])(C([2H])([2H])[2H])C([2H])([2H])[2H])c3O)nc3c(-c4cc(-c5ncc(C)c(-c6ccccc6)c5C)cc(C(C)(C)C)c4)cccc32)c(-c2ccccc2)c1. The third-order valence-corrected chi connectivity index (χ3v) is 11.7. The second kappa shape index (κ2) is 16.1. The van der Waals surface area contributed by atoms with Crippen LogP contribution < -0.4 is 0 Å². The van der Waals surface area contributed by atoms with Crippen molar-refractivity contribution in [2.45, 2.75) is 112 Å². The van der Waals surface area contributed by atoms with Gasteiger partial charge < -0.3 is 5.11 Å². The van der Waals surface area contributed by atoms with Gasteiger partial charge >= 0.3 is 0 Å². The lowest BCUT2D eigenvalue weighted by Crippen LogP contribution is -2.17. The Hall–Kier alpha value is -6.26. The van der Waals surface area contributed by atoms with Gasteiger partial charge in [0.05, 0.1) is 28.0 Å². The molecule has 320 valence electrons. The van der Waals surface area contributed by atoms with E-state index in [1.165, 1.54) is 4.57 Å². The molecule has 1 N–H and O–H groups in total. The Morgan fingerprint density at radius 3 is 1.92 bits per heavy atom. The smallest absolute Gasteiger partial charge is 0.149 e. The first-order chi connectivity index (χ1) is 37.5. The van der Waals surface area contributed by atoms with E-state index in [4.69, 9.17) is 36.0 Å². The van der Waals surface area contributed by atoms with Crippen molar-refractivity contribution in [3.8, 4) is 67.5 Å². The molecule has 0 spiro atoms. The number of hydrogen-bond acceptors (Lipinski definition) is 3. The van der Waals surface area contributed by atoms with Crippen LogP contribution in [0.2, 0.25) is 0 Å². The Morgan fingerprint density at radius 1 is 0.619 bits per heavy atom. The zero-order valence-corrected chi connectivity index (χ0v) is 36.5. The molecule has 6 aromatic carbocycles. The fourth-order valence-corrected chi connectivity index (χ4v) is 8.38. The normalized spacial score (nSPS) is 18.2. The van der Waals surface area contributed by atoms with Crippen molar-refractivity contribution in [3.05, 3.63) is 167 Å². The van der Waals surface area contributed by atoms with Crippen molar-refractivity contribution in [2.75, 3.05) is 0 Å². The van der Waals surface area contributed by atoms with Gasteiger partial charge in [0.25, 0.3) is 0 Å². The molecule has 0 amide bonds. The summed E-state index contributed by atoms with van der Waals surface area (Å²) in [7, 11) is 0. The fourth-order valence-electron chi connectivity index (χ4n) is 8.38. The van der Waals surface area contributed by atoms with Crippen LogP contribution in [-0.4, -0.2) is 19.6 Å². The molecule has 8 aromatic rings. The number of aromatic hydroxyl groups is 1. The predicted octanol–water partition coefficient (Wildman–Crippen LogP) is 16.1. The Balaban J connectivity index is 1.64. The maximum absolute atomic E-state index is 13.1.